The van der Waals surface area contributed by atoms with Gasteiger partial charge in [-0.3, -0.25) is 4.31 Å². The van der Waals surface area contributed by atoms with E-state index in [-0.39, 0.29) is 11.4 Å². The summed E-state index contributed by atoms with van der Waals surface area (Å²) in [5.41, 5.74) is 5.86. The minimum absolute atomic E-state index is 0.135. The number of benzene rings is 2. The van der Waals surface area contributed by atoms with Crippen LogP contribution in [0.15, 0.2) is 47.4 Å². The molecule has 2 N–H and O–H groups in total. The van der Waals surface area contributed by atoms with Gasteiger partial charge in [0.05, 0.1) is 15.6 Å². The second-order valence-corrected chi connectivity index (χ2v) is 8.26. The van der Waals surface area contributed by atoms with Gasteiger partial charge in [-0.05, 0) is 61.9 Å². The Kier molecular flexibility index (Phi) is 13.0. The first-order chi connectivity index (χ1) is 13.4. The molecule has 0 aliphatic carbocycles. The molecule has 154 valence electrons. The molecule has 28 heavy (non-hydrogen) atoms. The summed E-state index contributed by atoms with van der Waals surface area (Å²) in [6.07, 6.45) is 9.30. The molecular formula is C20H25Cl3N2O2S. The van der Waals surface area contributed by atoms with Crippen LogP contribution in [0.4, 0.5) is 5.69 Å². The molecule has 0 fully saturated rings. The number of hydrogen-bond acceptors (Lipinski definition) is 3. The Morgan fingerprint density at radius 3 is 2.00 bits per heavy atom. The minimum Gasteiger partial charge on any atom is -0.330 e. The predicted octanol–water partition coefficient (Wildman–Crippen LogP) is 5.86. The third-order valence-corrected chi connectivity index (χ3v) is 6.03. The van der Waals surface area contributed by atoms with Crippen molar-refractivity contribution < 1.29 is 8.42 Å². The van der Waals surface area contributed by atoms with Crippen LogP contribution in [0, 0.1) is 12.8 Å². The van der Waals surface area contributed by atoms with Gasteiger partial charge in [0.25, 0.3) is 10.0 Å². The summed E-state index contributed by atoms with van der Waals surface area (Å²) in [5.74, 6) is 0. The van der Waals surface area contributed by atoms with E-state index in [2.05, 4.69) is 12.8 Å². The van der Waals surface area contributed by atoms with Crippen molar-refractivity contribution >= 4 is 50.5 Å². The average Bonchev–Trinajstić information content (AvgIpc) is 2.71. The Morgan fingerprint density at radius 2 is 1.46 bits per heavy atom. The van der Waals surface area contributed by atoms with Crippen molar-refractivity contribution in [2.45, 2.75) is 31.6 Å². The highest BCUT2D eigenvalue weighted by Crippen LogP contribution is 2.33. The number of terminal acetylenes is 1. The Labute approximate surface area is 183 Å². The van der Waals surface area contributed by atoms with Crippen LogP contribution in [0.1, 0.15) is 26.7 Å². The van der Waals surface area contributed by atoms with E-state index in [4.69, 9.17) is 40.5 Å². The zero-order chi connectivity index (χ0) is 21.7. The molecular weight excluding hydrogens is 439 g/mol. The van der Waals surface area contributed by atoms with Gasteiger partial charge in [0.15, 0.2) is 0 Å². The summed E-state index contributed by atoms with van der Waals surface area (Å²) in [6.45, 7) is 4.74. The Bertz CT molecular complexity index is 838. The van der Waals surface area contributed by atoms with Crippen LogP contribution in [0.5, 0.6) is 0 Å². The van der Waals surface area contributed by atoms with Gasteiger partial charge in [0.1, 0.15) is 0 Å². The van der Waals surface area contributed by atoms with Gasteiger partial charge < -0.3 is 5.73 Å². The molecule has 2 rings (SSSR count). The van der Waals surface area contributed by atoms with Crippen LogP contribution in [-0.4, -0.2) is 21.5 Å². The maximum absolute atomic E-state index is 13.1. The fourth-order valence-corrected chi connectivity index (χ4v) is 4.26. The quantitative estimate of drug-likeness (QED) is 0.413. The topological polar surface area (TPSA) is 63.4 Å². The number of sulfonamides is 1. The second-order valence-electron chi connectivity index (χ2n) is 5.12. The summed E-state index contributed by atoms with van der Waals surface area (Å²) in [7, 11) is -3.80. The Morgan fingerprint density at radius 1 is 0.929 bits per heavy atom. The molecule has 0 saturated heterocycles. The molecule has 2 aromatic carbocycles. The number of rotatable bonds is 7. The smallest absolute Gasteiger partial charge is 0.264 e. The average molecular weight is 464 g/mol. The maximum atomic E-state index is 13.1. The van der Waals surface area contributed by atoms with E-state index in [0.717, 1.165) is 0 Å². The minimum atomic E-state index is -3.80. The van der Waals surface area contributed by atoms with Crippen molar-refractivity contribution in [2.24, 2.45) is 5.73 Å². The summed E-state index contributed by atoms with van der Waals surface area (Å²) in [6, 6.07) is 10.7. The molecule has 0 aliphatic rings. The van der Waals surface area contributed by atoms with E-state index in [1.165, 1.54) is 28.6 Å². The standard InChI is InChI=1S/C16H17Cl3N2O2S.C2H6.C2H2/c17-12-3-6-14(7-4-12)24(22,23)21(10-2-1-9-20)16-11-13(18)5-8-15(16)19;2*1-2/h3-8,11H,1-2,9-10,20H2;1-2H3;1-2H. The van der Waals surface area contributed by atoms with E-state index < -0.39 is 10.0 Å². The highest BCUT2D eigenvalue weighted by Gasteiger charge is 2.26. The number of unbranched alkanes of at least 4 members (excludes halogenated alkanes) is 1. The van der Waals surface area contributed by atoms with Crippen LogP contribution >= 0.6 is 34.8 Å². The van der Waals surface area contributed by atoms with Crippen LogP contribution in [0.25, 0.3) is 0 Å². The first-order valence-corrected chi connectivity index (χ1v) is 11.2. The van der Waals surface area contributed by atoms with Crippen molar-refractivity contribution in [3.8, 4) is 12.8 Å². The lowest BCUT2D eigenvalue weighted by Crippen LogP contribution is -2.32. The number of nitrogens with zero attached hydrogens (tertiary/aromatic N) is 1. The summed E-state index contributed by atoms with van der Waals surface area (Å²) < 4.78 is 27.4. The lowest BCUT2D eigenvalue weighted by atomic mass is 10.3. The summed E-state index contributed by atoms with van der Waals surface area (Å²) in [5, 5.41) is 1.18. The molecule has 0 aromatic heterocycles. The van der Waals surface area contributed by atoms with Gasteiger partial charge >= 0.3 is 0 Å². The molecule has 2 aromatic rings. The molecule has 0 amide bonds. The number of hydrogen-bond donors (Lipinski definition) is 1. The fourth-order valence-electron chi connectivity index (χ4n) is 2.18. The number of nitrogens with two attached hydrogens (primary N) is 1. The van der Waals surface area contributed by atoms with E-state index in [0.29, 0.717) is 40.1 Å². The van der Waals surface area contributed by atoms with Gasteiger partial charge in [-0.25, -0.2) is 8.42 Å². The first kappa shape index (κ1) is 26.6. The van der Waals surface area contributed by atoms with Crippen LogP contribution < -0.4 is 10.0 Å². The van der Waals surface area contributed by atoms with E-state index in [1.54, 1.807) is 18.2 Å². The van der Waals surface area contributed by atoms with Crippen LogP contribution in [-0.2, 0) is 10.0 Å². The third-order valence-electron chi connectivity index (χ3n) is 3.39. The molecule has 0 aliphatic heterocycles. The van der Waals surface area contributed by atoms with Crippen molar-refractivity contribution in [2.75, 3.05) is 17.4 Å². The molecule has 0 saturated carbocycles. The van der Waals surface area contributed by atoms with Crippen LogP contribution in [0.2, 0.25) is 15.1 Å². The van der Waals surface area contributed by atoms with Gasteiger partial charge in [0.2, 0.25) is 0 Å². The molecule has 8 heteroatoms. The largest absolute Gasteiger partial charge is 0.330 e. The molecule has 0 radical (unpaired) electrons. The lowest BCUT2D eigenvalue weighted by molar-refractivity contribution is 0.588. The van der Waals surface area contributed by atoms with Crippen molar-refractivity contribution in [1.82, 2.24) is 0 Å². The molecule has 4 nitrogen and oxygen atoms in total. The van der Waals surface area contributed by atoms with E-state index in [1.807, 2.05) is 13.8 Å². The molecule has 0 heterocycles. The Balaban J connectivity index is 0.00000171. The number of halogens is 3. The molecule has 0 unspecified atom stereocenters. The Hall–Kier alpha value is -1.42. The fraction of sp³-hybridized carbons (Fsp3) is 0.300. The zero-order valence-electron chi connectivity index (χ0n) is 15.9. The van der Waals surface area contributed by atoms with Crippen molar-refractivity contribution in [3.05, 3.63) is 57.5 Å². The van der Waals surface area contributed by atoms with E-state index in [9.17, 15) is 8.42 Å². The second kappa shape index (κ2) is 13.7. The SMILES string of the molecule is C#C.CC.NCCCCN(c1cc(Cl)ccc1Cl)S(=O)(=O)c1ccc(Cl)cc1. The number of anilines is 1. The monoisotopic (exact) mass is 462 g/mol. The first-order valence-electron chi connectivity index (χ1n) is 8.63. The van der Waals surface area contributed by atoms with Gasteiger partial charge in [-0.1, -0.05) is 48.7 Å². The maximum Gasteiger partial charge on any atom is 0.264 e. The van der Waals surface area contributed by atoms with Gasteiger partial charge in [-0.15, -0.1) is 12.8 Å². The molecule has 0 atom stereocenters. The van der Waals surface area contributed by atoms with Crippen molar-refractivity contribution in [1.29, 1.82) is 0 Å². The predicted molar refractivity (Wildman–Crippen MR) is 122 cm³/mol. The lowest BCUT2D eigenvalue weighted by Gasteiger charge is -2.25. The molecule has 0 spiro atoms. The van der Waals surface area contributed by atoms with Gasteiger partial charge in [-0.2, -0.15) is 0 Å². The third kappa shape index (κ3) is 7.54. The summed E-state index contributed by atoms with van der Waals surface area (Å²) in [4.78, 5) is 0.135. The van der Waals surface area contributed by atoms with Crippen LogP contribution in [0.3, 0.4) is 0 Å². The summed E-state index contributed by atoms with van der Waals surface area (Å²) >= 11 is 18.1. The van der Waals surface area contributed by atoms with Gasteiger partial charge in [0, 0.05) is 16.6 Å². The van der Waals surface area contributed by atoms with E-state index >= 15 is 0 Å². The van der Waals surface area contributed by atoms with Crippen molar-refractivity contribution in [3.63, 3.8) is 0 Å². The highest BCUT2D eigenvalue weighted by atomic mass is 35.5. The highest BCUT2D eigenvalue weighted by molar-refractivity contribution is 7.92. The zero-order valence-corrected chi connectivity index (χ0v) is 19.0. The normalized spacial score (nSPS) is 10.1. The molecule has 0 bridgehead atoms.